The van der Waals surface area contributed by atoms with E-state index in [9.17, 15) is 5.11 Å². The maximum atomic E-state index is 9.99. The number of allylic oxidation sites excluding steroid dienone is 2. The second kappa shape index (κ2) is 9.35. The number of nitriles is 1. The van der Waals surface area contributed by atoms with E-state index in [1.807, 2.05) is 43.5 Å². The fraction of sp³-hybridized carbons (Fsp3) is 0.227. The summed E-state index contributed by atoms with van der Waals surface area (Å²) in [5.41, 5.74) is 3.74. The number of hydrogen-bond acceptors (Lipinski definition) is 4. The number of rotatable bonds is 5. The van der Waals surface area contributed by atoms with Gasteiger partial charge in [-0.2, -0.15) is 10.4 Å². The van der Waals surface area contributed by atoms with E-state index < -0.39 is 0 Å². The third-order valence-electron chi connectivity index (χ3n) is 5.01. The smallest absolute Gasteiger partial charge is 0.238 e. The van der Waals surface area contributed by atoms with Crippen molar-refractivity contribution in [1.82, 2.24) is 0 Å². The summed E-state index contributed by atoms with van der Waals surface area (Å²) in [7, 11) is 2.01. The zero-order chi connectivity index (χ0) is 19.3. The minimum atomic E-state index is -0.266. The van der Waals surface area contributed by atoms with Crippen molar-refractivity contribution in [1.29, 1.82) is 5.26 Å². The first-order valence-corrected chi connectivity index (χ1v) is 8.84. The number of fused-ring (bicyclic) bond motifs is 1. The molecular formula is C22H22CoN4O. The average Bonchev–Trinajstić information content (AvgIpc) is 2.92. The molecule has 0 amide bonds. The van der Waals surface area contributed by atoms with E-state index in [-0.39, 0.29) is 28.1 Å². The molecule has 0 aromatic heterocycles. The maximum Gasteiger partial charge on any atom is 0.238 e. The normalized spacial score (nSPS) is 20.1. The molecule has 0 fully saturated rings. The summed E-state index contributed by atoms with van der Waals surface area (Å²) >= 11 is 0. The van der Waals surface area contributed by atoms with Crippen molar-refractivity contribution in [3.63, 3.8) is 0 Å². The predicted molar refractivity (Wildman–Crippen MR) is 109 cm³/mol. The molecule has 0 saturated carbocycles. The molecule has 0 spiro atoms. The first-order valence-electron chi connectivity index (χ1n) is 8.84. The molecule has 1 atom stereocenters. The molecule has 1 heterocycles. The Morgan fingerprint density at radius 3 is 2.57 bits per heavy atom. The molecule has 5 nitrogen and oxygen atoms in total. The van der Waals surface area contributed by atoms with Crippen molar-refractivity contribution in [2.24, 2.45) is 10.2 Å². The van der Waals surface area contributed by atoms with Gasteiger partial charge in [-0.25, -0.2) is 0 Å². The summed E-state index contributed by atoms with van der Waals surface area (Å²) in [5, 5.41) is 26.9. The Kier molecular flexibility index (Phi) is 7.16. The summed E-state index contributed by atoms with van der Waals surface area (Å²) in [6.07, 6.45) is 4.68. The Bertz CT molecular complexity index is 947. The van der Waals surface area contributed by atoms with Crippen LogP contribution in [0.15, 0.2) is 76.6 Å². The van der Waals surface area contributed by atoms with Crippen LogP contribution in [0.1, 0.15) is 30.9 Å². The quantitative estimate of drug-likeness (QED) is 0.440. The Labute approximate surface area is 175 Å². The maximum absolute atomic E-state index is 9.99. The largest absolute Gasteiger partial charge is 0.492 e. The van der Waals surface area contributed by atoms with Gasteiger partial charge in [0.15, 0.2) is 0 Å². The van der Waals surface area contributed by atoms with Gasteiger partial charge in [0.05, 0.1) is 12.3 Å². The average molecular weight is 417 g/mol. The van der Waals surface area contributed by atoms with Crippen LogP contribution in [0.5, 0.6) is 0 Å². The van der Waals surface area contributed by atoms with Crippen LogP contribution in [-0.4, -0.2) is 24.3 Å². The van der Waals surface area contributed by atoms with E-state index >= 15 is 0 Å². The zero-order valence-corrected chi connectivity index (χ0v) is 16.9. The van der Waals surface area contributed by atoms with Gasteiger partial charge < -0.3 is 10.0 Å². The van der Waals surface area contributed by atoms with E-state index in [2.05, 4.69) is 40.2 Å². The molecule has 1 aliphatic heterocycles. The number of hydrogen-bond donors (Lipinski definition) is 1. The van der Waals surface area contributed by atoms with E-state index in [1.165, 1.54) is 5.56 Å². The van der Waals surface area contributed by atoms with Crippen molar-refractivity contribution < 1.29 is 21.9 Å². The Morgan fingerprint density at radius 2 is 1.86 bits per heavy atom. The number of aliphatic hydroxyl groups excluding tert-OH is 1. The molecule has 3 rings (SSSR count). The second-order valence-electron chi connectivity index (χ2n) is 6.67. The molecule has 145 valence electrons. The summed E-state index contributed by atoms with van der Waals surface area (Å²) in [6, 6.07) is 19.6. The van der Waals surface area contributed by atoms with Gasteiger partial charge in [-0.15, -0.1) is 5.10 Å². The summed E-state index contributed by atoms with van der Waals surface area (Å²) in [4.78, 5) is 2.12. The van der Waals surface area contributed by atoms with Crippen LogP contribution in [0, 0.1) is 11.3 Å². The minimum absolute atomic E-state index is 0. The van der Waals surface area contributed by atoms with Gasteiger partial charge in [0, 0.05) is 52.6 Å². The second-order valence-corrected chi connectivity index (χ2v) is 6.67. The first-order chi connectivity index (χ1) is 13.1. The molecule has 2 aromatic carbocycles. The molecule has 0 bridgehead atoms. The minimum Gasteiger partial charge on any atom is -0.492 e. The SMILES string of the molecule is CN1\C(=C/C=N/N=C(\O)c2ccccc2)C(C)(CCC#N)c2ccccc21.[Co]. The fourth-order valence-electron chi connectivity index (χ4n) is 3.57. The van der Waals surface area contributed by atoms with Gasteiger partial charge in [0.1, 0.15) is 0 Å². The van der Waals surface area contributed by atoms with E-state index in [1.54, 1.807) is 18.3 Å². The molecule has 1 aliphatic rings. The van der Waals surface area contributed by atoms with Crippen LogP contribution in [-0.2, 0) is 22.2 Å². The number of nitrogens with zero attached hydrogens (tertiary/aromatic N) is 4. The Morgan fingerprint density at radius 1 is 1.18 bits per heavy atom. The van der Waals surface area contributed by atoms with Gasteiger partial charge >= 0.3 is 0 Å². The van der Waals surface area contributed by atoms with Crippen molar-refractivity contribution in [2.75, 3.05) is 11.9 Å². The zero-order valence-electron chi connectivity index (χ0n) is 15.8. The topological polar surface area (TPSA) is 72.0 Å². The fourth-order valence-corrected chi connectivity index (χ4v) is 3.57. The van der Waals surface area contributed by atoms with Crippen LogP contribution in [0.2, 0.25) is 0 Å². The van der Waals surface area contributed by atoms with Gasteiger partial charge in [0.25, 0.3) is 0 Å². The standard InChI is InChI=1S/C22H22N4O.Co/c1-22(14-8-15-23)18-11-6-7-12-19(18)26(2)20(22)13-16-24-25-21(27)17-9-4-3-5-10-17;/h3-7,9-13,16H,8,14H2,1-2H3,(H,25,27);/b20-13-,24-16+;. The summed E-state index contributed by atoms with van der Waals surface area (Å²) in [6.45, 7) is 2.15. The van der Waals surface area contributed by atoms with Crippen LogP contribution in [0.3, 0.4) is 0 Å². The number of anilines is 1. The van der Waals surface area contributed by atoms with Crippen LogP contribution >= 0.6 is 0 Å². The van der Waals surface area contributed by atoms with Gasteiger partial charge in [-0.1, -0.05) is 36.4 Å². The molecular weight excluding hydrogens is 395 g/mol. The molecule has 1 unspecified atom stereocenters. The van der Waals surface area contributed by atoms with Crippen LogP contribution in [0.25, 0.3) is 0 Å². The van der Waals surface area contributed by atoms with E-state index in [0.717, 1.165) is 17.8 Å². The molecule has 1 radical (unpaired) electrons. The van der Waals surface area contributed by atoms with Gasteiger partial charge in [-0.3, -0.25) is 0 Å². The molecule has 2 aromatic rings. The summed E-state index contributed by atoms with van der Waals surface area (Å²) in [5.74, 6) is -0.124. The number of para-hydroxylation sites is 1. The summed E-state index contributed by atoms with van der Waals surface area (Å²) < 4.78 is 0. The predicted octanol–water partition coefficient (Wildman–Crippen LogP) is 4.57. The third-order valence-corrected chi connectivity index (χ3v) is 5.01. The van der Waals surface area contributed by atoms with Crippen LogP contribution < -0.4 is 4.90 Å². The van der Waals surface area contributed by atoms with Crippen molar-refractivity contribution in [3.05, 3.63) is 77.5 Å². The molecule has 0 saturated heterocycles. The molecule has 6 heteroatoms. The van der Waals surface area contributed by atoms with Crippen LogP contribution in [0.4, 0.5) is 5.69 Å². The monoisotopic (exact) mass is 417 g/mol. The van der Waals surface area contributed by atoms with Crippen molar-refractivity contribution in [3.8, 4) is 6.07 Å². The number of likely N-dealkylation sites (N-methyl/N-ethyl adjacent to an activating group) is 1. The third kappa shape index (κ3) is 4.16. The first kappa shape index (κ1) is 21.4. The Hall–Kier alpha value is -2.88. The van der Waals surface area contributed by atoms with Gasteiger partial charge in [0.2, 0.25) is 5.90 Å². The molecule has 1 N–H and O–H groups in total. The van der Waals surface area contributed by atoms with E-state index in [4.69, 9.17) is 5.26 Å². The van der Waals surface area contributed by atoms with Gasteiger partial charge in [-0.05, 0) is 43.2 Å². The number of aliphatic hydroxyl groups is 1. The van der Waals surface area contributed by atoms with Crippen molar-refractivity contribution in [2.45, 2.75) is 25.2 Å². The number of benzene rings is 2. The molecule has 28 heavy (non-hydrogen) atoms. The Balaban J connectivity index is 0.00000280. The molecule has 0 aliphatic carbocycles. The van der Waals surface area contributed by atoms with Crippen molar-refractivity contribution >= 4 is 17.8 Å². The van der Waals surface area contributed by atoms with E-state index in [0.29, 0.717) is 12.0 Å².